The molecule has 5 heteroatoms. The van der Waals surface area contributed by atoms with E-state index in [4.69, 9.17) is 10.5 Å². The number of methoxy groups -OCH3 is 1. The van der Waals surface area contributed by atoms with Crippen LogP contribution in [0.4, 0.5) is 11.4 Å². The highest BCUT2D eigenvalue weighted by molar-refractivity contribution is 5.95. The third-order valence-corrected chi connectivity index (χ3v) is 3.49. The van der Waals surface area contributed by atoms with Gasteiger partial charge in [-0.25, -0.2) is 0 Å². The van der Waals surface area contributed by atoms with E-state index in [9.17, 15) is 4.79 Å². The molecule has 112 valence electrons. The van der Waals surface area contributed by atoms with Crippen molar-refractivity contribution < 1.29 is 9.53 Å². The van der Waals surface area contributed by atoms with Gasteiger partial charge in [-0.05, 0) is 32.0 Å². The van der Waals surface area contributed by atoms with E-state index < -0.39 is 0 Å². The summed E-state index contributed by atoms with van der Waals surface area (Å²) >= 11 is 0. The van der Waals surface area contributed by atoms with Crippen LogP contribution in [-0.4, -0.2) is 37.6 Å². The van der Waals surface area contributed by atoms with E-state index in [2.05, 4.69) is 24.1 Å². The van der Waals surface area contributed by atoms with Crippen LogP contribution in [0.1, 0.15) is 26.7 Å². The van der Waals surface area contributed by atoms with Gasteiger partial charge in [0.1, 0.15) is 5.75 Å². The summed E-state index contributed by atoms with van der Waals surface area (Å²) in [6, 6.07) is 5.65. The number of benzene rings is 1. The number of rotatable bonds is 7. The lowest BCUT2D eigenvalue weighted by Gasteiger charge is -2.25. The number of nitrogen functional groups attached to an aromatic ring is 1. The molecule has 0 heterocycles. The Bertz CT molecular complexity index is 445. The van der Waals surface area contributed by atoms with Crippen LogP contribution < -0.4 is 15.8 Å². The Balaban J connectivity index is 2.62. The van der Waals surface area contributed by atoms with Crippen molar-refractivity contribution in [2.45, 2.75) is 32.7 Å². The van der Waals surface area contributed by atoms with Gasteiger partial charge in [0.15, 0.2) is 0 Å². The second-order valence-corrected chi connectivity index (χ2v) is 4.89. The Kier molecular flexibility index (Phi) is 6.31. The first-order valence-electron chi connectivity index (χ1n) is 6.95. The molecule has 0 radical (unpaired) electrons. The zero-order chi connectivity index (χ0) is 15.1. The minimum Gasteiger partial charge on any atom is -0.497 e. The molecule has 0 spiro atoms. The molecule has 0 aliphatic heterocycles. The van der Waals surface area contributed by atoms with E-state index in [0.717, 1.165) is 12.8 Å². The van der Waals surface area contributed by atoms with Crippen LogP contribution in [0, 0.1) is 0 Å². The van der Waals surface area contributed by atoms with E-state index in [1.807, 2.05) is 7.05 Å². The maximum Gasteiger partial charge on any atom is 0.238 e. The van der Waals surface area contributed by atoms with Crippen LogP contribution in [0.5, 0.6) is 5.75 Å². The van der Waals surface area contributed by atoms with Gasteiger partial charge < -0.3 is 15.8 Å². The highest BCUT2D eigenvalue weighted by Gasteiger charge is 2.14. The zero-order valence-electron chi connectivity index (χ0n) is 12.8. The molecule has 0 aliphatic carbocycles. The summed E-state index contributed by atoms with van der Waals surface area (Å²) < 4.78 is 5.08. The minimum atomic E-state index is -0.0590. The number of nitrogens with one attached hydrogen (secondary N) is 1. The summed E-state index contributed by atoms with van der Waals surface area (Å²) in [4.78, 5) is 14.1. The van der Waals surface area contributed by atoms with Crippen LogP contribution in [0.2, 0.25) is 0 Å². The first-order chi connectivity index (χ1) is 9.51. The largest absolute Gasteiger partial charge is 0.497 e. The van der Waals surface area contributed by atoms with Crippen LogP contribution in [0.25, 0.3) is 0 Å². The van der Waals surface area contributed by atoms with E-state index in [0.29, 0.717) is 29.7 Å². The molecule has 0 saturated heterocycles. The Morgan fingerprint density at radius 1 is 1.40 bits per heavy atom. The van der Waals surface area contributed by atoms with Gasteiger partial charge in [0.25, 0.3) is 0 Å². The van der Waals surface area contributed by atoms with E-state index in [1.165, 1.54) is 0 Å². The summed E-state index contributed by atoms with van der Waals surface area (Å²) in [5.74, 6) is 0.617. The Labute approximate surface area is 121 Å². The summed E-state index contributed by atoms with van der Waals surface area (Å²) in [7, 11) is 3.55. The molecule has 3 N–H and O–H groups in total. The van der Waals surface area contributed by atoms with Crippen molar-refractivity contribution in [2.75, 3.05) is 31.8 Å². The van der Waals surface area contributed by atoms with Crippen molar-refractivity contribution in [3.63, 3.8) is 0 Å². The second kappa shape index (κ2) is 7.75. The predicted molar refractivity (Wildman–Crippen MR) is 83.0 cm³/mol. The summed E-state index contributed by atoms with van der Waals surface area (Å²) in [6.07, 6.45) is 2.07. The molecule has 0 unspecified atom stereocenters. The molecule has 0 aliphatic rings. The normalized spacial score (nSPS) is 10.9. The lowest BCUT2D eigenvalue weighted by atomic mass is 10.1. The van der Waals surface area contributed by atoms with E-state index in [1.54, 1.807) is 25.3 Å². The molecule has 1 amide bonds. The molecule has 0 saturated carbocycles. The van der Waals surface area contributed by atoms with Crippen LogP contribution in [-0.2, 0) is 4.79 Å². The quantitative estimate of drug-likeness (QED) is 0.752. The highest BCUT2D eigenvalue weighted by atomic mass is 16.5. The molecule has 1 aromatic rings. The van der Waals surface area contributed by atoms with Crippen LogP contribution in [0.3, 0.4) is 0 Å². The number of nitrogens with two attached hydrogens (primary N) is 1. The minimum absolute atomic E-state index is 0.0590. The molecule has 0 atom stereocenters. The number of hydrogen-bond acceptors (Lipinski definition) is 4. The standard InChI is InChI=1S/C15H25N3O2/c1-5-11(6-2)18(3)10-15(19)17-14-8-7-12(20-4)9-13(14)16/h7-9,11H,5-6,10,16H2,1-4H3,(H,17,19). The number of carbonyl (C=O) groups excluding carboxylic acids is 1. The smallest absolute Gasteiger partial charge is 0.238 e. The van der Waals surface area contributed by atoms with Gasteiger partial charge in [-0.2, -0.15) is 0 Å². The fourth-order valence-electron chi connectivity index (χ4n) is 2.24. The number of ether oxygens (including phenoxy) is 1. The van der Waals surface area contributed by atoms with E-state index in [-0.39, 0.29) is 5.91 Å². The number of likely N-dealkylation sites (N-methyl/N-ethyl adjacent to an activating group) is 1. The van der Waals surface area contributed by atoms with Crippen molar-refractivity contribution >= 4 is 17.3 Å². The fraction of sp³-hybridized carbons (Fsp3) is 0.533. The first kappa shape index (κ1) is 16.3. The molecule has 5 nitrogen and oxygen atoms in total. The molecule has 1 rings (SSSR count). The molecule has 20 heavy (non-hydrogen) atoms. The monoisotopic (exact) mass is 279 g/mol. The first-order valence-corrected chi connectivity index (χ1v) is 6.95. The van der Waals surface area contributed by atoms with Gasteiger partial charge in [-0.3, -0.25) is 9.69 Å². The molecule has 0 fully saturated rings. The zero-order valence-corrected chi connectivity index (χ0v) is 12.8. The molecule has 0 aromatic heterocycles. The lowest BCUT2D eigenvalue weighted by molar-refractivity contribution is -0.117. The number of hydrogen-bond donors (Lipinski definition) is 2. The second-order valence-electron chi connectivity index (χ2n) is 4.89. The van der Waals surface area contributed by atoms with E-state index >= 15 is 0 Å². The third kappa shape index (κ3) is 4.42. The average Bonchev–Trinajstić information content (AvgIpc) is 2.42. The van der Waals surface area contributed by atoms with Gasteiger partial charge in [0.2, 0.25) is 5.91 Å². The maximum atomic E-state index is 12.0. The van der Waals surface area contributed by atoms with Gasteiger partial charge in [-0.1, -0.05) is 13.8 Å². The highest BCUT2D eigenvalue weighted by Crippen LogP contribution is 2.23. The van der Waals surface area contributed by atoms with Gasteiger partial charge >= 0.3 is 0 Å². The number of amides is 1. The van der Waals surface area contributed by atoms with Crippen molar-refractivity contribution in [3.8, 4) is 5.75 Å². The Morgan fingerprint density at radius 3 is 2.55 bits per heavy atom. The van der Waals surface area contributed by atoms with Crippen molar-refractivity contribution in [2.24, 2.45) is 0 Å². The Hall–Kier alpha value is -1.75. The molecule has 1 aromatic carbocycles. The average molecular weight is 279 g/mol. The van der Waals surface area contributed by atoms with Crippen molar-refractivity contribution in [1.29, 1.82) is 0 Å². The molecular formula is C15H25N3O2. The maximum absolute atomic E-state index is 12.0. The summed E-state index contributed by atoms with van der Waals surface area (Å²) in [5, 5.41) is 2.83. The van der Waals surface area contributed by atoms with Crippen LogP contribution >= 0.6 is 0 Å². The summed E-state index contributed by atoms with van der Waals surface area (Å²) in [5.41, 5.74) is 7.00. The number of carbonyl (C=O) groups is 1. The number of anilines is 2. The fourth-order valence-corrected chi connectivity index (χ4v) is 2.24. The topological polar surface area (TPSA) is 67.6 Å². The summed E-state index contributed by atoms with van der Waals surface area (Å²) in [6.45, 7) is 4.62. The van der Waals surface area contributed by atoms with Crippen LogP contribution in [0.15, 0.2) is 18.2 Å². The van der Waals surface area contributed by atoms with Crippen molar-refractivity contribution in [1.82, 2.24) is 4.90 Å². The lowest BCUT2D eigenvalue weighted by Crippen LogP contribution is -2.37. The van der Waals surface area contributed by atoms with Gasteiger partial charge in [0, 0.05) is 12.1 Å². The predicted octanol–water partition coefficient (Wildman–Crippen LogP) is 2.34. The van der Waals surface area contributed by atoms with Crippen molar-refractivity contribution in [3.05, 3.63) is 18.2 Å². The number of nitrogens with zero attached hydrogens (tertiary/aromatic N) is 1. The molecule has 0 bridgehead atoms. The third-order valence-electron chi connectivity index (χ3n) is 3.49. The SMILES string of the molecule is CCC(CC)N(C)CC(=O)Nc1ccc(OC)cc1N. The van der Waals surface area contributed by atoms with Gasteiger partial charge in [0.05, 0.1) is 25.0 Å². The van der Waals surface area contributed by atoms with Gasteiger partial charge in [-0.15, -0.1) is 0 Å². The Morgan fingerprint density at radius 2 is 2.05 bits per heavy atom. The molecular weight excluding hydrogens is 254 g/mol.